The molecular weight excluding hydrogens is 410 g/mol. The lowest BCUT2D eigenvalue weighted by atomic mass is 9.95. The van der Waals surface area contributed by atoms with Crippen molar-refractivity contribution in [1.29, 1.82) is 0 Å². The van der Waals surface area contributed by atoms with Gasteiger partial charge in [0.2, 0.25) is 5.95 Å². The van der Waals surface area contributed by atoms with Gasteiger partial charge in [-0.2, -0.15) is 0 Å². The van der Waals surface area contributed by atoms with Crippen molar-refractivity contribution in [2.24, 2.45) is 0 Å². The number of carbonyl (C=O) groups excluding carboxylic acids is 2. The molecule has 1 unspecified atom stereocenters. The van der Waals surface area contributed by atoms with Crippen LogP contribution in [-0.2, 0) is 9.59 Å². The van der Waals surface area contributed by atoms with E-state index in [2.05, 4.69) is 9.97 Å². The van der Waals surface area contributed by atoms with Gasteiger partial charge in [-0.1, -0.05) is 36.4 Å². The van der Waals surface area contributed by atoms with Crippen molar-refractivity contribution in [2.75, 3.05) is 18.6 Å². The predicted molar refractivity (Wildman–Crippen MR) is 117 cm³/mol. The number of aromatic nitrogens is 2. The molecule has 4 rings (SSSR count). The van der Waals surface area contributed by atoms with E-state index in [1.165, 1.54) is 24.4 Å². The third-order valence-corrected chi connectivity index (χ3v) is 5.06. The summed E-state index contributed by atoms with van der Waals surface area (Å²) < 4.78 is 11.0. The Bertz CT molecular complexity index is 1180. The van der Waals surface area contributed by atoms with Crippen LogP contribution in [0.1, 0.15) is 24.1 Å². The Morgan fingerprint density at radius 3 is 2.41 bits per heavy atom. The molecule has 1 aliphatic rings. The summed E-state index contributed by atoms with van der Waals surface area (Å²) in [5.41, 5.74) is 0.900. The largest absolute Gasteiger partial charge is 0.507 e. The molecule has 1 N–H and O–H groups in total. The van der Waals surface area contributed by atoms with Crippen LogP contribution < -0.4 is 14.4 Å². The number of rotatable bonds is 6. The smallest absolute Gasteiger partial charge is 0.302 e. The van der Waals surface area contributed by atoms with Crippen LogP contribution in [0.4, 0.5) is 5.95 Å². The summed E-state index contributed by atoms with van der Waals surface area (Å²) in [5.74, 6) is -0.915. The first-order chi connectivity index (χ1) is 15.6. The number of aliphatic hydroxyl groups is 1. The Hall–Kier alpha value is -4.20. The zero-order valence-electron chi connectivity index (χ0n) is 17.6. The lowest BCUT2D eigenvalue weighted by Gasteiger charge is -2.24. The third-order valence-electron chi connectivity index (χ3n) is 5.06. The number of hydrogen-bond donors (Lipinski definition) is 1. The molecule has 162 valence electrons. The Kier molecular flexibility index (Phi) is 5.85. The summed E-state index contributed by atoms with van der Waals surface area (Å²) in [6, 6.07) is 14.3. The molecule has 0 aliphatic carbocycles. The summed E-state index contributed by atoms with van der Waals surface area (Å²) in [6.07, 6.45) is 2.96. The number of benzene rings is 2. The molecule has 1 fully saturated rings. The molecule has 2 heterocycles. The van der Waals surface area contributed by atoms with Gasteiger partial charge in [0.25, 0.3) is 5.78 Å². The fourth-order valence-electron chi connectivity index (χ4n) is 3.65. The number of carbonyl (C=O) groups is 2. The highest BCUT2D eigenvalue weighted by molar-refractivity contribution is 6.51. The Morgan fingerprint density at radius 2 is 1.75 bits per heavy atom. The van der Waals surface area contributed by atoms with Crippen molar-refractivity contribution in [3.63, 3.8) is 0 Å². The minimum atomic E-state index is -0.956. The maximum absolute atomic E-state index is 13.1. The number of ketones is 1. The van der Waals surface area contributed by atoms with Crippen molar-refractivity contribution >= 4 is 23.4 Å². The van der Waals surface area contributed by atoms with Crippen LogP contribution >= 0.6 is 0 Å². The van der Waals surface area contributed by atoms with Crippen LogP contribution in [-0.4, -0.2) is 40.5 Å². The maximum atomic E-state index is 13.1. The SMILES string of the molecule is CCOc1ccc(C2/C(=C(/O)c3ccccc3)C(=O)C(=O)N2c2ncccn2)cc1OC. The van der Waals surface area contributed by atoms with Crippen LogP contribution in [0, 0.1) is 0 Å². The average molecular weight is 431 g/mol. The highest BCUT2D eigenvalue weighted by Crippen LogP contribution is 2.43. The summed E-state index contributed by atoms with van der Waals surface area (Å²) in [7, 11) is 1.50. The molecule has 0 radical (unpaired) electrons. The van der Waals surface area contributed by atoms with Crippen molar-refractivity contribution < 1.29 is 24.2 Å². The molecule has 0 spiro atoms. The Labute approximate surface area is 184 Å². The van der Waals surface area contributed by atoms with Crippen LogP contribution in [0.3, 0.4) is 0 Å². The van der Waals surface area contributed by atoms with Crippen molar-refractivity contribution in [2.45, 2.75) is 13.0 Å². The minimum Gasteiger partial charge on any atom is -0.507 e. The van der Waals surface area contributed by atoms with Gasteiger partial charge in [0.1, 0.15) is 5.76 Å². The van der Waals surface area contributed by atoms with Gasteiger partial charge in [-0.3, -0.25) is 14.5 Å². The van der Waals surface area contributed by atoms with Gasteiger partial charge in [0.05, 0.1) is 25.3 Å². The second kappa shape index (κ2) is 8.89. The van der Waals surface area contributed by atoms with Crippen molar-refractivity contribution in [3.05, 3.63) is 83.7 Å². The predicted octanol–water partition coefficient (Wildman–Crippen LogP) is 3.51. The quantitative estimate of drug-likeness (QED) is 0.362. The fraction of sp³-hybridized carbons (Fsp3) is 0.167. The van der Waals surface area contributed by atoms with Gasteiger partial charge in [-0.15, -0.1) is 0 Å². The minimum absolute atomic E-state index is 0.0552. The number of amides is 1. The zero-order valence-corrected chi connectivity index (χ0v) is 17.6. The van der Waals surface area contributed by atoms with Crippen LogP contribution in [0.5, 0.6) is 11.5 Å². The number of hydrogen-bond acceptors (Lipinski definition) is 7. The summed E-state index contributed by atoms with van der Waals surface area (Å²) in [4.78, 5) is 35.7. The van der Waals surface area contributed by atoms with Crippen molar-refractivity contribution in [1.82, 2.24) is 9.97 Å². The lowest BCUT2D eigenvalue weighted by Crippen LogP contribution is -2.31. The topological polar surface area (TPSA) is 102 Å². The molecule has 0 bridgehead atoms. The van der Waals surface area contributed by atoms with Gasteiger partial charge in [-0.25, -0.2) is 9.97 Å². The van der Waals surface area contributed by atoms with Crippen LogP contribution in [0.25, 0.3) is 5.76 Å². The number of methoxy groups -OCH3 is 1. The van der Waals surface area contributed by atoms with E-state index in [0.717, 1.165) is 0 Å². The van der Waals surface area contributed by atoms with Gasteiger partial charge >= 0.3 is 5.91 Å². The van der Waals surface area contributed by atoms with E-state index in [1.807, 2.05) is 6.92 Å². The summed E-state index contributed by atoms with van der Waals surface area (Å²) in [6.45, 7) is 2.30. The lowest BCUT2D eigenvalue weighted by molar-refractivity contribution is -0.132. The van der Waals surface area contributed by atoms with E-state index < -0.39 is 17.7 Å². The summed E-state index contributed by atoms with van der Waals surface area (Å²) in [5, 5.41) is 11.1. The fourth-order valence-corrected chi connectivity index (χ4v) is 3.65. The summed E-state index contributed by atoms with van der Waals surface area (Å²) >= 11 is 0. The van der Waals surface area contributed by atoms with Gasteiger partial charge < -0.3 is 14.6 Å². The Morgan fingerprint density at radius 1 is 1.03 bits per heavy atom. The third kappa shape index (κ3) is 3.66. The first-order valence-electron chi connectivity index (χ1n) is 10.0. The second-order valence-electron chi connectivity index (χ2n) is 6.93. The maximum Gasteiger partial charge on any atom is 0.302 e. The normalized spacial score (nSPS) is 17.4. The number of nitrogens with zero attached hydrogens (tertiary/aromatic N) is 3. The van der Waals surface area contributed by atoms with E-state index in [4.69, 9.17) is 9.47 Å². The van der Waals surface area contributed by atoms with Gasteiger partial charge in [0, 0.05) is 18.0 Å². The molecule has 1 amide bonds. The zero-order chi connectivity index (χ0) is 22.7. The van der Waals surface area contributed by atoms with E-state index in [-0.39, 0.29) is 17.3 Å². The highest BCUT2D eigenvalue weighted by atomic mass is 16.5. The molecule has 8 nitrogen and oxygen atoms in total. The van der Waals surface area contributed by atoms with Crippen LogP contribution in [0.2, 0.25) is 0 Å². The molecule has 1 aromatic heterocycles. The number of anilines is 1. The second-order valence-corrected chi connectivity index (χ2v) is 6.93. The molecule has 8 heteroatoms. The van der Waals surface area contributed by atoms with Gasteiger partial charge in [0.15, 0.2) is 11.5 Å². The van der Waals surface area contributed by atoms with E-state index >= 15 is 0 Å². The molecule has 3 aromatic rings. The number of Topliss-reactive ketones (excluding diaryl/α,β-unsaturated/α-hetero) is 1. The molecule has 1 aliphatic heterocycles. The Balaban J connectivity index is 1.94. The van der Waals surface area contributed by atoms with E-state index in [0.29, 0.717) is 29.2 Å². The van der Waals surface area contributed by atoms with E-state index in [1.54, 1.807) is 54.6 Å². The first-order valence-corrected chi connectivity index (χ1v) is 10.0. The van der Waals surface area contributed by atoms with Crippen LogP contribution in [0.15, 0.2) is 72.6 Å². The monoisotopic (exact) mass is 431 g/mol. The highest BCUT2D eigenvalue weighted by Gasteiger charge is 2.48. The molecule has 2 aromatic carbocycles. The molecule has 32 heavy (non-hydrogen) atoms. The molecule has 1 saturated heterocycles. The average Bonchev–Trinajstić information content (AvgIpc) is 3.10. The number of ether oxygens (including phenoxy) is 2. The number of aliphatic hydroxyl groups excluding tert-OH is 1. The molecule has 1 atom stereocenters. The van der Waals surface area contributed by atoms with Gasteiger partial charge in [-0.05, 0) is 30.7 Å². The standard InChI is InChI=1S/C24H21N3O5/c1-3-32-17-11-10-16(14-18(17)31-2)20-19(21(28)15-8-5-4-6-9-15)22(29)23(30)27(20)24-25-12-7-13-26-24/h4-14,20,28H,3H2,1-2H3/b21-19-. The first kappa shape index (κ1) is 21.0. The molecular formula is C24H21N3O5. The molecule has 0 saturated carbocycles. The van der Waals surface area contributed by atoms with Crippen molar-refractivity contribution in [3.8, 4) is 11.5 Å². The van der Waals surface area contributed by atoms with E-state index in [9.17, 15) is 14.7 Å².